The Balaban J connectivity index is 5.29. The SMILES string of the molecule is CSCCC(N)C(=O)NC(CS)C(=O)NC(CCC(=O)O)C(=O)NC(CCCN=C(N)N)C(=O)O. The van der Waals surface area contributed by atoms with Crippen LogP contribution in [0.5, 0.6) is 0 Å². The Morgan fingerprint density at radius 3 is 2.00 bits per heavy atom. The lowest BCUT2D eigenvalue weighted by Crippen LogP contribution is -2.57. The number of aliphatic imine (C=N–C) groups is 1. The van der Waals surface area contributed by atoms with E-state index in [9.17, 15) is 29.1 Å². The largest absolute Gasteiger partial charge is 0.481 e. The van der Waals surface area contributed by atoms with Gasteiger partial charge in [-0.15, -0.1) is 0 Å². The van der Waals surface area contributed by atoms with Gasteiger partial charge in [0, 0.05) is 18.7 Å². The number of carbonyl (C=O) groups is 5. The van der Waals surface area contributed by atoms with Crippen molar-refractivity contribution in [3.8, 4) is 0 Å². The normalized spacial score (nSPS) is 14.0. The van der Waals surface area contributed by atoms with Gasteiger partial charge in [-0.25, -0.2) is 4.79 Å². The van der Waals surface area contributed by atoms with E-state index in [1.54, 1.807) is 0 Å². The molecular weight excluding hydrogens is 502 g/mol. The molecule has 0 aromatic heterocycles. The fourth-order valence-corrected chi connectivity index (χ4v) is 3.44. The van der Waals surface area contributed by atoms with Gasteiger partial charge in [-0.2, -0.15) is 24.4 Å². The molecule has 0 aromatic carbocycles. The second-order valence-corrected chi connectivity index (χ2v) is 8.82. The van der Waals surface area contributed by atoms with Crippen LogP contribution in [-0.4, -0.2) is 94.3 Å². The molecule has 0 rings (SSSR count). The van der Waals surface area contributed by atoms with Gasteiger partial charge in [0.2, 0.25) is 17.7 Å². The zero-order chi connectivity index (χ0) is 27.0. The number of hydrogen-bond donors (Lipinski definition) is 9. The number of carboxylic acid groups (broad SMARTS) is 2. The maximum Gasteiger partial charge on any atom is 0.326 e. The third kappa shape index (κ3) is 14.3. The van der Waals surface area contributed by atoms with Crippen LogP contribution in [0.3, 0.4) is 0 Å². The van der Waals surface area contributed by atoms with Gasteiger partial charge in [-0.3, -0.25) is 24.2 Å². The van der Waals surface area contributed by atoms with Gasteiger partial charge in [0.05, 0.1) is 6.04 Å². The summed E-state index contributed by atoms with van der Waals surface area (Å²) in [4.78, 5) is 63.9. The average Bonchev–Trinajstić information content (AvgIpc) is 2.79. The lowest BCUT2D eigenvalue weighted by molar-refractivity contribution is -0.143. The minimum atomic E-state index is -1.37. The molecule has 0 spiro atoms. The summed E-state index contributed by atoms with van der Waals surface area (Å²) in [6, 6.07) is -4.70. The topological polar surface area (TPSA) is 252 Å². The van der Waals surface area contributed by atoms with Crippen molar-refractivity contribution in [3.05, 3.63) is 0 Å². The molecule has 0 radical (unpaired) electrons. The first kappa shape index (κ1) is 32.3. The molecule has 16 heteroatoms. The van der Waals surface area contributed by atoms with Crippen LogP contribution in [0.1, 0.15) is 32.1 Å². The molecular formula is C19H35N7O7S2. The summed E-state index contributed by atoms with van der Waals surface area (Å²) in [5.74, 6) is -4.46. The van der Waals surface area contributed by atoms with Crippen LogP contribution in [0.4, 0.5) is 0 Å². The summed E-state index contributed by atoms with van der Waals surface area (Å²) in [5.41, 5.74) is 16.2. The van der Waals surface area contributed by atoms with Gasteiger partial charge in [-0.05, 0) is 37.7 Å². The number of thiol groups is 1. The summed E-state index contributed by atoms with van der Waals surface area (Å²) >= 11 is 5.56. The number of carbonyl (C=O) groups excluding carboxylic acids is 3. The number of aliphatic carboxylic acids is 2. The van der Waals surface area contributed by atoms with Crippen LogP contribution in [0, 0.1) is 0 Å². The maximum absolute atomic E-state index is 12.7. The number of nitrogens with zero attached hydrogens (tertiary/aromatic N) is 1. The summed E-state index contributed by atoms with van der Waals surface area (Å²) in [5, 5.41) is 25.5. The first-order valence-electron chi connectivity index (χ1n) is 10.7. The Bertz CT molecular complexity index is 766. The highest BCUT2D eigenvalue weighted by molar-refractivity contribution is 7.98. The maximum atomic E-state index is 12.7. The van der Waals surface area contributed by atoms with E-state index in [-0.39, 0.29) is 37.5 Å². The predicted molar refractivity (Wildman–Crippen MR) is 135 cm³/mol. The van der Waals surface area contributed by atoms with Gasteiger partial charge >= 0.3 is 11.9 Å². The van der Waals surface area contributed by atoms with Gasteiger partial charge in [-0.1, -0.05) is 0 Å². The molecule has 3 amide bonds. The second kappa shape index (κ2) is 17.7. The van der Waals surface area contributed by atoms with E-state index >= 15 is 0 Å². The Kier molecular flexibility index (Phi) is 16.3. The molecule has 11 N–H and O–H groups in total. The zero-order valence-electron chi connectivity index (χ0n) is 19.4. The van der Waals surface area contributed by atoms with Crippen molar-refractivity contribution in [1.82, 2.24) is 16.0 Å². The van der Waals surface area contributed by atoms with Crippen molar-refractivity contribution in [1.29, 1.82) is 0 Å². The molecule has 0 aromatic rings. The van der Waals surface area contributed by atoms with Crippen LogP contribution >= 0.6 is 24.4 Å². The average molecular weight is 538 g/mol. The molecule has 0 fully saturated rings. The Labute approximate surface area is 213 Å². The molecule has 4 unspecified atom stereocenters. The number of thioether (sulfide) groups is 1. The van der Waals surface area contributed by atoms with E-state index in [0.29, 0.717) is 12.2 Å². The molecule has 200 valence electrons. The fraction of sp³-hybridized carbons (Fsp3) is 0.684. The van der Waals surface area contributed by atoms with Gasteiger partial charge in [0.1, 0.15) is 18.1 Å². The molecule has 0 bridgehead atoms. The van der Waals surface area contributed by atoms with Crippen LogP contribution < -0.4 is 33.2 Å². The fourth-order valence-electron chi connectivity index (χ4n) is 2.69. The second-order valence-electron chi connectivity index (χ2n) is 7.47. The van der Waals surface area contributed by atoms with E-state index in [0.717, 1.165) is 0 Å². The number of amides is 3. The third-order valence-electron chi connectivity index (χ3n) is 4.63. The van der Waals surface area contributed by atoms with Gasteiger partial charge < -0.3 is 43.4 Å². The smallest absolute Gasteiger partial charge is 0.326 e. The molecule has 14 nitrogen and oxygen atoms in total. The van der Waals surface area contributed by atoms with Crippen LogP contribution in [-0.2, 0) is 24.0 Å². The van der Waals surface area contributed by atoms with E-state index < -0.39 is 60.2 Å². The predicted octanol–water partition coefficient (Wildman–Crippen LogP) is -2.55. The lowest BCUT2D eigenvalue weighted by atomic mass is 10.1. The van der Waals surface area contributed by atoms with Crippen molar-refractivity contribution in [2.24, 2.45) is 22.2 Å². The quantitative estimate of drug-likeness (QED) is 0.0381. The van der Waals surface area contributed by atoms with Crippen molar-refractivity contribution < 1.29 is 34.2 Å². The number of rotatable bonds is 18. The van der Waals surface area contributed by atoms with Crippen LogP contribution in [0.2, 0.25) is 0 Å². The van der Waals surface area contributed by atoms with E-state index in [2.05, 4.69) is 33.6 Å². The molecule has 0 aliphatic rings. The summed E-state index contributed by atoms with van der Waals surface area (Å²) < 4.78 is 0. The monoisotopic (exact) mass is 537 g/mol. The first-order chi connectivity index (χ1) is 16.4. The number of nitrogens with two attached hydrogens (primary N) is 3. The molecule has 0 saturated heterocycles. The highest BCUT2D eigenvalue weighted by Gasteiger charge is 2.30. The third-order valence-corrected chi connectivity index (χ3v) is 5.63. The standard InChI is InChI=1S/C19H35N7O7S2/c1-35-8-6-10(20)15(29)26-13(9-34)17(31)24-11(4-5-14(27)28)16(30)25-12(18(32)33)3-2-7-23-19(21)22/h10-13,34H,2-9,20H2,1H3,(H,24,31)(H,25,30)(H,26,29)(H,27,28)(H,32,33)(H4,21,22,23). The summed E-state index contributed by atoms with van der Waals surface area (Å²) in [6.07, 6.45) is 1.69. The Morgan fingerprint density at radius 1 is 0.914 bits per heavy atom. The summed E-state index contributed by atoms with van der Waals surface area (Å²) in [7, 11) is 0. The highest BCUT2D eigenvalue weighted by Crippen LogP contribution is 2.05. The van der Waals surface area contributed by atoms with Crippen molar-refractivity contribution >= 4 is 60.0 Å². The van der Waals surface area contributed by atoms with Crippen LogP contribution in [0.15, 0.2) is 4.99 Å². The number of carboxylic acids is 2. The molecule has 0 heterocycles. The molecule has 35 heavy (non-hydrogen) atoms. The lowest BCUT2D eigenvalue weighted by Gasteiger charge is -2.24. The first-order valence-corrected chi connectivity index (χ1v) is 12.7. The number of nitrogens with one attached hydrogen (secondary N) is 3. The molecule has 0 aliphatic carbocycles. The van der Waals surface area contributed by atoms with E-state index in [1.807, 2.05) is 6.26 Å². The van der Waals surface area contributed by atoms with Crippen molar-refractivity contribution in [2.75, 3.05) is 24.3 Å². The van der Waals surface area contributed by atoms with Crippen LogP contribution in [0.25, 0.3) is 0 Å². The van der Waals surface area contributed by atoms with Gasteiger partial charge in [0.15, 0.2) is 5.96 Å². The molecule has 4 atom stereocenters. The minimum Gasteiger partial charge on any atom is -0.481 e. The van der Waals surface area contributed by atoms with Crippen molar-refractivity contribution in [2.45, 2.75) is 56.3 Å². The van der Waals surface area contributed by atoms with Crippen molar-refractivity contribution in [3.63, 3.8) is 0 Å². The molecule has 0 saturated carbocycles. The Hall–Kier alpha value is -2.72. The zero-order valence-corrected chi connectivity index (χ0v) is 21.1. The number of hydrogen-bond acceptors (Lipinski definition) is 9. The summed E-state index contributed by atoms with van der Waals surface area (Å²) in [6.45, 7) is 0.142. The Morgan fingerprint density at radius 2 is 1.49 bits per heavy atom. The van der Waals surface area contributed by atoms with Gasteiger partial charge in [0.25, 0.3) is 0 Å². The highest BCUT2D eigenvalue weighted by atomic mass is 32.2. The molecule has 0 aliphatic heterocycles. The number of guanidine groups is 1. The van der Waals surface area contributed by atoms with E-state index in [1.165, 1.54) is 11.8 Å². The minimum absolute atomic E-state index is 0.0132. The van der Waals surface area contributed by atoms with E-state index in [4.69, 9.17) is 22.3 Å².